The number of esters is 1. The molecule has 1 atom stereocenters. The highest BCUT2D eigenvalue weighted by molar-refractivity contribution is 9.10. The van der Waals surface area contributed by atoms with Crippen LogP contribution >= 0.6 is 15.9 Å². The molecule has 0 fully saturated rings. The van der Waals surface area contributed by atoms with Gasteiger partial charge >= 0.3 is 5.97 Å². The van der Waals surface area contributed by atoms with Gasteiger partial charge in [-0.2, -0.15) is 0 Å². The van der Waals surface area contributed by atoms with Gasteiger partial charge in [0.2, 0.25) is 5.91 Å². The number of carbonyl (C=O) groups is 2. The van der Waals surface area contributed by atoms with Crippen LogP contribution in [0.2, 0.25) is 0 Å². The smallest absolute Gasteiger partial charge is 0.310 e. The Morgan fingerprint density at radius 2 is 2.10 bits per heavy atom. The third-order valence-corrected chi connectivity index (χ3v) is 3.45. The largest absolute Gasteiger partial charge is 0.493 e. The van der Waals surface area contributed by atoms with Crippen molar-refractivity contribution in [2.24, 2.45) is 5.92 Å². The summed E-state index contributed by atoms with van der Waals surface area (Å²) >= 11 is 3.35. The number of benzene rings is 1. The summed E-state index contributed by atoms with van der Waals surface area (Å²) < 4.78 is 11.1. The number of amides is 1. The number of halogens is 1. The van der Waals surface area contributed by atoms with Crippen LogP contribution in [0.25, 0.3) is 0 Å². The predicted octanol–water partition coefficient (Wildman–Crippen LogP) is 2.49. The van der Waals surface area contributed by atoms with E-state index in [4.69, 9.17) is 4.74 Å². The third kappa shape index (κ3) is 6.16. The summed E-state index contributed by atoms with van der Waals surface area (Å²) in [6.45, 7) is 2.36. The van der Waals surface area contributed by atoms with E-state index >= 15 is 0 Å². The molecule has 0 aliphatic rings. The molecule has 0 radical (unpaired) electrons. The van der Waals surface area contributed by atoms with Crippen LogP contribution in [0.5, 0.6) is 5.75 Å². The van der Waals surface area contributed by atoms with E-state index in [1.807, 2.05) is 24.3 Å². The molecule has 0 aromatic heterocycles. The Kier molecular flexibility index (Phi) is 7.22. The Morgan fingerprint density at radius 1 is 1.38 bits per heavy atom. The molecule has 0 aliphatic heterocycles. The zero-order chi connectivity index (χ0) is 15.8. The molecule has 0 heterocycles. The van der Waals surface area contributed by atoms with Crippen LogP contribution < -0.4 is 4.74 Å². The Hall–Kier alpha value is -1.56. The predicted molar refractivity (Wildman–Crippen MR) is 83.1 cm³/mol. The molecule has 1 unspecified atom stereocenters. The van der Waals surface area contributed by atoms with Crippen LogP contribution in [0.4, 0.5) is 0 Å². The van der Waals surface area contributed by atoms with Crippen molar-refractivity contribution in [1.29, 1.82) is 0 Å². The topological polar surface area (TPSA) is 55.8 Å². The van der Waals surface area contributed by atoms with Gasteiger partial charge in [0.25, 0.3) is 0 Å². The molecule has 1 amide bonds. The fraction of sp³-hybridized carbons (Fsp3) is 0.467. The van der Waals surface area contributed by atoms with E-state index in [1.54, 1.807) is 14.0 Å². The van der Waals surface area contributed by atoms with Crippen molar-refractivity contribution in [1.82, 2.24) is 4.90 Å². The van der Waals surface area contributed by atoms with Crippen molar-refractivity contribution in [3.63, 3.8) is 0 Å². The van der Waals surface area contributed by atoms with E-state index in [-0.39, 0.29) is 24.2 Å². The van der Waals surface area contributed by atoms with Crippen molar-refractivity contribution < 1.29 is 19.1 Å². The lowest BCUT2D eigenvalue weighted by molar-refractivity contribution is -0.146. The van der Waals surface area contributed by atoms with Crippen LogP contribution in [0, 0.1) is 5.92 Å². The number of hydrogen-bond donors (Lipinski definition) is 0. The molecule has 0 spiro atoms. The second kappa shape index (κ2) is 8.67. The third-order valence-electron chi connectivity index (χ3n) is 2.96. The molecule has 0 saturated carbocycles. The first kappa shape index (κ1) is 17.5. The number of hydrogen-bond acceptors (Lipinski definition) is 4. The summed E-state index contributed by atoms with van der Waals surface area (Å²) in [6, 6.07) is 7.44. The lowest BCUT2D eigenvalue weighted by Crippen LogP contribution is -2.34. The maximum atomic E-state index is 11.9. The number of carbonyl (C=O) groups excluding carboxylic acids is 2. The summed E-state index contributed by atoms with van der Waals surface area (Å²) in [5.74, 6) is -0.0153. The summed E-state index contributed by atoms with van der Waals surface area (Å²) in [5.41, 5.74) is 0. The van der Waals surface area contributed by atoms with Gasteiger partial charge in [0.05, 0.1) is 26.1 Å². The summed E-state index contributed by atoms with van der Waals surface area (Å²) in [6.07, 6.45) is 0.261. The van der Waals surface area contributed by atoms with Gasteiger partial charge in [0, 0.05) is 18.1 Å². The first-order chi connectivity index (χ1) is 9.93. The number of rotatable bonds is 7. The average Bonchev–Trinajstić information content (AvgIpc) is 2.46. The van der Waals surface area contributed by atoms with E-state index in [0.29, 0.717) is 18.9 Å². The summed E-state index contributed by atoms with van der Waals surface area (Å²) in [7, 11) is 3.01. The Labute approximate surface area is 133 Å². The Balaban J connectivity index is 2.34. The van der Waals surface area contributed by atoms with Crippen molar-refractivity contribution in [3.05, 3.63) is 28.7 Å². The van der Waals surface area contributed by atoms with E-state index in [9.17, 15) is 9.59 Å². The first-order valence-electron chi connectivity index (χ1n) is 6.64. The van der Waals surface area contributed by atoms with Crippen LogP contribution in [-0.4, -0.2) is 44.1 Å². The molecule has 21 heavy (non-hydrogen) atoms. The maximum absolute atomic E-state index is 11.9. The van der Waals surface area contributed by atoms with Crippen LogP contribution in [0.1, 0.15) is 13.3 Å². The number of methoxy groups -OCH3 is 1. The fourth-order valence-corrected chi connectivity index (χ4v) is 2.17. The van der Waals surface area contributed by atoms with E-state index in [0.717, 1.165) is 4.47 Å². The average molecular weight is 358 g/mol. The van der Waals surface area contributed by atoms with E-state index in [1.165, 1.54) is 12.0 Å². The molecule has 5 nitrogen and oxygen atoms in total. The van der Waals surface area contributed by atoms with E-state index in [2.05, 4.69) is 20.7 Å². The second-order valence-electron chi connectivity index (χ2n) is 4.75. The van der Waals surface area contributed by atoms with Crippen molar-refractivity contribution in [3.8, 4) is 5.75 Å². The fourth-order valence-electron chi connectivity index (χ4n) is 1.79. The van der Waals surface area contributed by atoms with Gasteiger partial charge in [-0.3, -0.25) is 9.59 Å². The minimum absolute atomic E-state index is 0.0688. The molecule has 0 aliphatic carbocycles. The molecule has 0 bridgehead atoms. The highest BCUT2D eigenvalue weighted by Gasteiger charge is 2.18. The SMILES string of the molecule is COC(=O)C(C)CN(C)C(=O)CCOc1cccc(Br)c1. The number of ether oxygens (including phenoxy) is 2. The molecular formula is C15H20BrNO4. The number of nitrogens with zero attached hydrogens (tertiary/aromatic N) is 1. The van der Waals surface area contributed by atoms with Gasteiger partial charge in [-0.25, -0.2) is 0 Å². The van der Waals surface area contributed by atoms with Gasteiger partial charge in [0.15, 0.2) is 0 Å². The second-order valence-corrected chi connectivity index (χ2v) is 5.67. The monoisotopic (exact) mass is 357 g/mol. The Morgan fingerprint density at radius 3 is 2.71 bits per heavy atom. The molecule has 0 N–H and O–H groups in total. The minimum atomic E-state index is -0.338. The van der Waals surface area contributed by atoms with Crippen molar-refractivity contribution >= 4 is 27.8 Å². The molecule has 1 aromatic rings. The van der Waals surface area contributed by atoms with Crippen molar-refractivity contribution in [2.75, 3.05) is 27.3 Å². The minimum Gasteiger partial charge on any atom is -0.493 e. The normalized spacial score (nSPS) is 11.6. The highest BCUT2D eigenvalue weighted by atomic mass is 79.9. The standard InChI is InChI=1S/C15H20BrNO4/c1-11(15(19)20-3)10-17(2)14(18)7-8-21-13-6-4-5-12(16)9-13/h4-6,9,11H,7-8,10H2,1-3H3. The first-order valence-corrected chi connectivity index (χ1v) is 7.43. The molecule has 116 valence electrons. The van der Waals surface area contributed by atoms with Crippen molar-refractivity contribution in [2.45, 2.75) is 13.3 Å². The van der Waals surface area contributed by atoms with Crippen LogP contribution in [0.3, 0.4) is 0 Å². The van der Waals surface area contributed by atoms with Crippen LogP contribution in [0.15, 0.2) is 28.7 Å². The maximum Gasteiger partial charge on any atom is 0.310 e. The van der Waals surface area contributed by atoms with Gasteiger partial charge in [0.1, 0.15) is 5.75 Å². The summed E-state index contributed by atoms with van der Waals surface area (Å²) in [4.78, 5) is 24.8. The molecule has 1 aromatic carbocycles. The molecule has 6 heteroatoms. The molecule has 0 saturated heterocycles. The van der Waals surface area contributed by atoms with Gasteiger partial charge in [-0.15, -0.1) is 0 Å². The zero-order valence-corrected chi connectivity index (χ0v) is 14.1. The van der Waals surface area contributed by atoms with Gasteiger partial charge in [-0.05, 0) is 18.2 Å². The van der Waals surface area contributed by atoms with Gasteiger partial charge < -0.3 is 14.4 Å². The van der Waals surface area contributed by atoms with Gasteiger partial charge in [-0.1, -0.05) is 28.9 Å². The van der Waals surface area contributed by atoms with E-state index < -0.39 is 0 Å². The summed E-state index contributed by atoms with van der Waals surface area (Å²) in [5, 5.41) is 0. The highest BCUT2D eigenvalue weighted by Crippen LogP contribution is 2.17. The molecule has 1 rings (SSSR count). The quantitative estimate of drug-likeness (QED) is 0.703. The Bertz CT molecular complexity index is 492. The lowest BCUT2D eigenvalue weighted by atomic mass is 10.1. The molecular weight excluding hydrogens is 338 g/mol. The van der Waals surface area contributed by atoms with Crippen LogP contribution in [-0.2, 0) is 14.3 Å². The lowest BCUT2D eigenvalue weighted by Gasteiger charge is -2.20. The zero-order valence-electron chi connectivity index (χ0n) is 12.5.